The normalized spacial score (nSPS) is 26.1. The molecule has 1 aromatic rings. The van der Waals surface area contributed by atoms with E-state index in [2.05, 4.69) is 6.08 Å². The second-order valence-electron chi connectivity index (χ2n) is 7.28. The fourth-order valence-corrected chi connectivity index (χ4v) is 3.40. The first kappa shape index (κ1) is 16.5. The van der Waals surface area contributed by atoms with Crippen LogP contribution < -0.4 is 4.74 Å². The second-order valence-corrected chi connectivity index (χ2v) is 7.28. The van der Waals surface area contributed by atoms with E-state index in [1.165, 1.54) is 17.7 Å². The zero-order valence-corrected chi connectivity index (χ0v) is 14.2. The molecule has 1 saturated carbocycles. The minimum Gasteiger partial charge on any atom is -0.489 e. The molecular formula is C18H21NO5. The summed E-state index contributed by atoms with van der Waals surface area (Å²) in [6.45, 7) is 8.32. The van der Waals surface area contributed by atoms with Crippen LogP contribution in [0.2, 0.25) is 0 Å². The molecule has 1 aliphatic carbocycles. The Bertz CT molecular complexity index is 733. The lowest BCUT2D eigenvalue weighted by atomic mass is 10.1. The minimum absolute atomic E-state index is 0.0329. The average Bonchev–Trinajstić information content (AvgIpc) is 2.84. The van der Waals surface area contributed by atoms with Crippen LogP contribution in [0.5, 0.6) is 5.75 Å². The fourth-order valence-electron chi connectivity index (χ4n) is 3.40. The number of carbonyl (C=O) groups excluding carboxylic acids is 1. The highest BCUT2D eigenvalue weighted by atomic mass is 16.6. The smallest absolute Gasteiger partial charge is 0.310 e. The van der Waals surface area contributed by atoms with Gasteiger partial charge in [0.25, 0.3) is 5.69 Å². The number of carbonyl (C=O) groups is 1. The molecule has 1 heterocycles. The first-order valence-corrected chi connectivity index (χ1v) is 7.98. The lowest BCUT2D eigenvalue weighted by Crippen LogP contribution is -2.16. The van der Waals surface area contributed by atoms with Gasteiger partial charge in [0.05, 0.1) is 10.8 Å². The van der Waals surface area contributed by atoms with E-state index in [1.54, 1.807) is 6.07 Å². The van der Waals surface area contributed by atoms with Crippen molar-refractivity contribution in [2.75, 3.05) is 6.61 Å². The van der Waals surface area contributed by atoms with Crippen LogP contribution in [0.15, 0.2) is 29.8 Å². The monoisotopic (exact) mass is 331 g/mol. The topological polar surface area (TPSA) is 78.7 Å². The van der Waals surface area contributed by atoms with E-state index in [-0.39, 0.29) is 35.5 Å². The summed E-state index contributed by atoms with van der Waals surface area (Å²) in [6.07, 6.45) is 1.52. The lowest BCUT2D eigenvalue weighted by Gasteiger charge is -2.11. The van der Waals surface area contributed by atoms with E-state index < -0.39 is 11.0 Å². The molecule has 1 aromatic carbocycles. The van der Waals surface area contributed by atoms with Crippen LogP contribution in [0.25, 0.3) is 0 Å². The molecule has 0 spiro atoms. The van der Waals surface area contributed by atoms with Crippen LogP contribution in [0.4, 0.5) is 5.69 Å². The number of allylic oxidation sites excluding steroid dienone is 2. The van der Waals surface area contributed by atoms with Gasteiger partial charge >= 0.3 is 5.97 Å². The van der Waals surface area contributed by atoms with Crippen molar-refractivity contribution in [1.29, 1.82) is 0 Å². The number of non-ortho nitro benzene ring substituents is 1. The molecular weight excluding hydrogens is 310 g/mol. The van der Waals surface area contributed by atoms with Crippen molar-refractivity contribution < 1.29 is 19.2 Å². The molecule has 2 aliphatic rings. The number of hydrogen-bond donors (Lipinski definition) is 0. The highest BCUT2D eigenvalue weighted by molar-refractivity contribution is 5.78. The lowest BCUT2D eigenvalue weighted by molar-refractivity contribution is -0.385. The number of ether oxygens (including phenoxy) is 2. The number of nitrogens with zero attached hydrogens (tertiary/aromatic N) is 1. The number of nitro benzene ring substituents is 1. The van der Waals surface area contributed by atoms with E-state index in [0.29, 0.717) is 11.3 Å². The first-order valence-electron chi connectivity index (χ1n) is 7.98. The predicted octanol–water partition coefficient (Wildman–Crippen LogP) is 3.81. The van der Waals surface area contributed by atoms with Crippen molar-refractivity contribution in [2.45, 2.75) is 33.8 Å². The number of nitro groups is 1. The number of rotatable bonds is 4. The van der Waals surface area contributed by atoms with Crippen molar-refractivity contribution in [2.24, 2.45) is 17.3 Å². The third-order valence-electron chi connectivity index (χ3n) is 4.88. The quantitative estimate of drug-likeness (QED) is 0.363. The Balaban J connectivity index is 1.75. The third-order valence-corrected chi connectivity index (χ3v) is 4.88. The van der Waals surface area contributed by atoms with Crippen LogP contribution in [-0.2, 0) is 9.53 Å². The van der Waals surface area contributed by atoms with E-state index in [4.69, 9.17) is 9.47 Å². The summed E-state index contributed by atoms with van der Waals surface area (Å²) in [7, 11) is 0. The molecule has 0 aromatic heterocycles. The molecule has 0 amide bonds. The van der Waals surface area contributed by atoms with Crippen LogP contribution >= 0.6 is 0 Å². The number of benzene rings is 1. The SMILES string of the molecule is CC(C)=CC1C(C(=O)OC2COc3ccc([N+](=O)[O-])cc32)C1(C)C. The van der Waals surface area contributed by atoms with Gasteiger partial charge < -0.3 is 9.47 Å². The highest BCUT2D eigenvalue weighted by Crippen LogP contribution is 2.60. The number of esters is 1. The molecule has 0 bridgehead atoms. The predicted molar refractivity (Wildman–Crippen MR) is 87.6 cm³/mol. The first-order chi connectivity index (χ1) is 11.2. The Hall–Kier alpha value is -2.37. The molecule has 6 nitrogen and oxygen atoms in total. The summed E-state index contributed by atoms with van der Waals surface area (Å²) in [4.78, 5) is 23.0. The maximum absolute atomic E-state index is 12.6. The van der Waals surface area contributed by atoms with Gasteiger partial charge in [-0.25, -0.2) is 0 Å². The van der Waals surface area contributed by atoms with Gasteiger partial charge in [-0.1, -0.05) is 25.5 Å². The number of hydrogen-bond acceptors (Lipinski definition) is 5. The maximum atomic E-state index is 12.6. The maximum Gasteiger partial charge on any atom is 0.310 e. The second kappa shape index (κ2) is 5.61. The molecule has 0 radical (unpaired) electrons. The van der Waals surface area contributed by atoms with Gasteiger partial charge in [0.1, 0.15) is 12.4 Å². The summed E-state index contributed by atoms with van der Waals surface area (Å²) in [5, 5.41) is 10.9. The molecule has 3 rings (SSSR count). The van der Waals surface area contributed by atoms with Crippen LogP contribution in [-0.4, -0.2) is 17.5 Å². The largest absolute Gasteiger partial charge is 0.489 e. The number of fused-ring (bicyclic) bond motifs is 1. The van der Waals surface area contributed by atoms with Crippen LogP contribution in [0.1, 0.15) is 39.4 Å². The molecule has 1 fully saturated rings. The molecule has 128 valence electrons. The summed E-state index contributed by atoms with van der Waals surface area (Å²) in [6, 6.07) is 4.36. The fraction of sp³-hybridized carbons (Fsp3) is 0.500. The van der Waals surface area contributed by atoms with Crippen molar-refractivity contribution in [3.05, 3.63) is 45.5 Å². The summed E-state index contributed by atoms with van der Waals surface area (Å²) in [5.74, 6) is 0.252. The summed E-state index contributed by atoms with van der Waals surface area (Å²) >= 11 is 0. The summed E-state index contributed by atoms with van der Waals surface area (Å²) < 4.78 is 11.1. The molecule has 0 saturated heterocycles. The zero-order valence-electron chi connectivity index (χ0n) is 14.2. The highest BCUT2D eigenvalue weighted by Gasteiger charge is 2.61. The van der Waals surface area contributed by atoms with Gasteiger partial charge in [0.2, 0.25) is 0 Å². The van der Waals surface area contributed by atoms with Crippen molar-refractivity contribution in [3.8, 4) is 5.75 Å². The van der Waals surface area contributed by atoms with Gasteiger partial charge in [-0.2, -0.15) is 0 Å². The van der Waals surface area contributed by atoms with E-state index in [0.717, 1.165) is 0 Å². The zero-order chi connectivity index (χ0) is 17.6. The Kier molecular flexibility index (Phi) is 3.86. The van der Waals surface area contributed by atoms with Gasteiger partial charge in [-0.15, -0.1) is 0 Å². The van der Waals surface area contributed by atoms with E-state index >= 15 is 0 Å². The van der Waals surface area contributed by atoms with E-state index in [9.17, 15) is 14.9 Å². The minimum atomic E-state index is -0.587. The van der Waals surface area contributed by atoms with E-state index in [1.807, 2.05) is 27.7 Å². The molecule has 3 atom stereocenters. The van der Waals surface area contributed by atoms with Gasteiger partial charge in [0, 0.05) is 17.7 Å². The van der Waals surface area contributed by atoms with Crippen molar-refractivity contribution >= 4 is 11.7 Å². The average molecular weight is 331 g/mol. The van der Waals surface area contributed by atoms with Crippen LogP contribution in [0.3, 0.4) is 0 Å². The Morgan fingerprint density at radius 1 is 1.42 bits per heavy atom. The third kappa shape index (κ3) is 2.77. The standard InChI is InChI=1S/C18H21NO5/c1-10(2)7-13-16(18(13,3)4)17(20)24-15-9-23-14-6-5-11(19(21)22)8-12(14)15/h5-8,13,15-16H,9H2,1-4H3. The van der Waals surface area contributed by atoms with Gasteiger partial charge in [-0.3, -0.25) is 14.9 Å². The molecule has 3 unspecified atom stereocenters. The van der Waals surface area contributed by atoms with Gasteiger partial charge in [-0.05, 0) is 31.2 Å². The molecule has 1 aliphatic heterocycles. The molecule has 6 heteroatoms. The Labute approximate surface area is 140 Å². The molecule has 0 N–H and O–H groups in total. The van der Waals surface area contributed by atoms with Crippen molar-refractivity contribution in [3.63, 3.8) is 0 Å². The molecule has 24 heavy (non-hydrogen) atoms. The van der Waals surface area contributed by atoms with Crippen molar-refractivity contribution in [1.82, 2.24) is 0 Å². The van der Waals surface area contributed by atoms with Gasteiger partial charge in [0.15, 0.2) is 6.10 Å². The summed E-state index contributed by atoms with van der Waals surface area (Å²) in [5.41, 5.74) is 1.58. The Morgan fingerprint density at radius 2 is 2.12 bits per heavy atom. The van der Waals surface area contributed by atoms with Crippen LogP contribution in [0, 0.1) is 27.4 Å². The Morgan fingerprint density at radius 3 is 2.75 bits per heavy atom.